The predicted octanol–water partition coefficient (Wildman–Crippen LogP) is 4.71. The Morgan fingerprint density at radius 3 is 2.55 bits per heavy atom. The summed E-state index contributed by atoms with van der Waals surface area (Å²) in [5.41, 5.74) is 5.68. The summed E-state index contributed by atoms with van der Waals surface area (Å²) in [7, 11) is 1.47. The van der Waals surface area contributed by atoms with Crippen LogP contribution >= 0.6 is 11.8 Å². The van der Waals surface area contributed by atoms with Crippen LogP contribution in [0.3, 0.4) is 0 Å². The molecule has 0 saturated heterocycles. The summed E-state index contributed by atoms with van der Waals surface area (Å²) in [6.07, 6.45) is -0.694. The van der Waals surface area contributed by atoms with Crippen LogP contribution in [-0.2, 0) is 0 Å². The number of carbonyl (C=O) groups excluding carboxylic acids is 1. The number of aliphatic imine (C=N–C) groups is 1. The Hall–Kier alpha value is -2.69. The summed E-state index contributed by atoms with van der Waals surface area (Å²) >= 11 is 1.14. The highest BCUT2D eigenvalue weighted by Crippen LogP contribution is 2.42. The monoisotopic (exact) mass is 457 g/mol. The quantitative estimate of drug-likeness (QED) is 0.323. The Balaban J connectivity index is 2.23. The molecule has 6 nitrogen and oxygen atoms in total. The smallest absolute Gasteiger partial charge is 0.281 e. The summed E-state index contributed by atoms with van der Waals surface area (Å²) in [4.78, 5) is 23.4. The molecule has 2 unspecified atom stereocenters. The van der Waals surface area contributed by atoms with Gasteiger partial charge in [-0.15, -0.1) is 11.8 Å². The van der Waals surface area contributed by atoms with E-state index in [9.17, 15) is 22.4 Å². The minimum atomic E-state index is -2.80. The second kappa shape index (κ2) is 10.6. The molecule has 0 radical (unpaired) electrons. The van der Waals surface area contributed by atoms with E-state index < -0.39 is 40.5 Å². The minimum absolute atomic E-state index is 0.130. The number of nitrogens with two attached hydrogens (primary N) is 1. The normalized spacial score (nSPS) is 14.9. The van der Waals surface area contributed by atoms with Gasteiger partial charge in [-0.05, 0) is 31.5 Å². The number of aromatic nitrogens is 2. The van der Waals surface area contributed by atoms with E-state index >= 15 is 0 Å². The molecule has 2 atom stereocenters. The van der Waals surface area contributed by atoms with Crippen molar-refractivity contribution in [3.8, 4) is 0 Å². The Morgan fingerprint density at radius 2 is 2.03 bits per heavy atom. The standard InChI is InChI=1S/C20H23F4N5OS/c1-4-20(10-21,19(25)26-3)31-11(2)13-7-12(5-6-14(13)22)29-18(30)16-9-27-15(8-28-16)17(23)24/h5-9,11,17H,4,10H2,1-3H3,(H2,25,26)(H,29,30). The second-order valence-corrected chi connectivity index (χ2v) is 8.39. The highest BCUT2D eigenvalue weighted by molar-refractivity contribution is 8.01. The number of rotatable bonds is 9. The maximum Gasteiger partial charge on any atom is 0.281 e. The topological polar surface area (TPSA) is 93.3 Å². The maximum atomic E-state index is 14.5. The molecule has 1 amide bonds. The average Bonchev–Trinajstić information content (AvgIpc) is 2.78. The molecule has 3 N–H and O–H groups in total. The van der Waals surface area contributed by atoms with E-state index in [1.165, 1.54) is 25.2 Å². The Morgan fingerprint density at radius 1 is 1.32 bits per heavy atom. The van der Waals surface area contributed by atoms with Crippen LogP contribution in [0.25, 0.3) is 0 Å². The summed E-state index contributed by atoms with van der Waals surface area (Å²) in [6, 6.07) is 3.94. The second-order valence-electron chi connectivity index (χ2n) is 6.67. The van der Waals surface area contributed by atoms with Crippen molar-refractivity contribution in [1.29, 1.82) is 0 Å². The van der Waals surface area contributed by atoms with E-state index in [0.717, 1.165) is 24.2 Å². The SMILES string of the molecule is CCC(CF)(SC(C)c1cc(NC(=O)c2cnc(C(F)F)cn2)ccc1F)C(N)=NC. The van der Waals surface area contributed by atoms with Crippen LogP contribution in [0.2, 0.25) is 0 Å². The zero-order chi connectivity index (χ0) is 23.2. The van der Waals surface area contributed by atoms with Crippen LogP contribution in [0.5, 0.6) is 0 Å². The van der Waals surface area contributed by atoms with Gasteiger partial charge in [-0.25, -0.2) is 22.5 Å². The third-order valence-corrected chi connectivity index (χ3v) is 6.38. The van der Waals surface area contributed by atoms with E-state index in [-0.39, 0.29) is 22.8 Å². The van der Waals surface area contributed by atoms with Crippen molar-refractivity contribution in [2.75, 3.05) is 19.0 Å². The summed E-state index contributed by atoms with van der Waals surface area (Å²) in [6.45, 7) is 2.70. The molecular weight excluding hydrogens is 434 g/mol. The lowest BCUT2D eigenvalue weighted by atomic mass is 10.1. The predicted molar refractivity (Wildman–Crippen MR) is 114 cm³/mol. The van der Waals surface area contributed by atoms with Gasteiger partial charge in [0.05, 0.1) is 12.4 Å². The molecule has 0 bridgehead atoms. The van der Waals surface area contributed by atoms with Crippen LogP contribution < -0.4 is 11.1 Å². The number of carbonyl (C=O) groups is 1. The first-order valence-corrected chi connectivity index (χ1v) is 10.2. The molecule has 0 aliphatic heterocycles. The average molecular weight is 457 g/mol. The molecule has 168 valence electrons. The molecule has 0 saturated carbocycles. The molecular formula is C20H23F4N5OS. The van der Waals surface area contributed by atoms with Gasteiger partial charge in [0, 0.05) is 23.5 Å². The van der Waals surface area contributed by atoms with Crippen molar-refractivity contribution >= 4 is 29.2 Å². The molecule has 0 fully saturated rings. The van der Waals surface area contributed by atoms with Crippen molar-refractivity contribution in [2.45, 2.75) is 36.7 Å². The van der Waals surface area contributed by atoms with Gasteiger partial charge in [0.1, 0.15) is 34.5 Å². The van der Waals surface area contributed by atoms with Gasteiger partial charge >= 0.3 is 0 Å². The number of anilines is 1. The molecule has 11 heteroatoms. The number of benzene rings is 1. The van der Waals surface area contributed by atoms with Crippen LogP contribution in [0, 0.1) is 5.82 Å². The molecule has 1 aromatic heterocycles. The number of thioether (sulfide) groups is 1. The first-order chi connectivity index (χ1) is 14.7. The maximum absolute atomic E-state index is 14.5. The molecule has 2 rings (SSSR count). The number of nitrogens with zero attached hydrogens (tertiary/aromatic N) is 3. The van der Waals surface area contributed by atoms with Gasteiger partial charge in [-0.1, -0.05) is 6.92 Å². The van der Waals surface area contributed by atoms with Crippen molar-refractivity contribution in [2.24, 2.45) is 10.7 Å². The van der Waals surface area contributed by atoms with Crippen molar-refractivity contribution in [1.82, 2.24) is 9.97 Å². The number of halogens is 4. The lowest BCUT2D eigenvalue weighted by Crippen LogP contribution is -2.43. The van der Waals surface area contributed by atoms with Gasteiger partial charge in [0.2, 0.25) is 0 Å². The van der Waals surface area contributed by atoms with Crippen molar-refractivity contribution in [3.05, 3.63) is 53.4 Å². The van der Waals surface area contributed by atoms with E-state index in [4.69, 9.17) is 5.73 Å². The number of nitrogens with one attached hydrogen (secondary N) is 1. The highest BCUT2D eigenvalue weighted by atomic mass is 32.2. The Kier molecular flexibility index (Phi) is 8.37. The van der Waals surface area contributed by atoms with Crippen molar-refractivity contribution in [3.63, 3.8) is 0 Å². The minimum Gasteiger partial charge on any atom is -0.386 e. The van der Waals surface area contributed by atoms with E-state index in [2.05, 4.69) is 20.3 Å². The fourth-order valence-corrected chi connectivity index (χ4v) is 4.25. The number of amides is 1. The number of amidine groups is 1. The molecule has 1 aromatic carbocycles. The summed E-state index contributed by atoms with van der Waals surface area (Å²) in [5, 5.41) is 2.01. The number of alkyl halides is 3. The lowest BCUT2D eigenvalue weighted by Gasteiger charge is -2.31. The largest absolute Gasteiger partial charge is 0.386 e. The third-order valence-electron chi connectivity index (χ3n) is 4.72. The van der Waals surface area contributed by atoms with Crippen LogP contribution in [-0.4, -0.2) is 40.2 Å². The fraction of sp³-hybridized carbons (Fsp3) is 0.400. The van der Waals surface area contributed by atoms with Gasteiger partial charge in [0.25, 0.3) is 12.3 Å². The van der Waals surface area contributed by atoms with Gasteiger partial charge in [-0.2, -0.15) is 0 Å². The number of hydrogen-bond donors (Lipinski definition) is 2. The molecule has 1 heterocycles. The molecule has 0 aliphatic rings. The summed E-state index contributed by atoms with van der Waals surface area (Å²) in [5.74, 6) is -1.10. The third kappa shape index (κ3) is 5.72. The molecule has 0 spiro atoms. The lowest BCUT2D eigenvalue weighted by molar-refractivity contribution is 0.102. The molecule has 2 aromatic rings. The van der Waals surface area contributed by atoms with E-state index in [0.29, 0.717) is 6.42 Å². The number of hydrogen-bond acceptors (Lipinski definition) is 5. The van der Waals surface area contributed by atoms with E-state index in [1.807, 2.05) is 0 Å². The fourth-order valence-electron chi connectivity index (χ4n) is 2.82. The Labute approximate surface area is 181 Å². The van der Waals surface area contributed by atoms with Crippen LogP contribution in [0.4, 0.5) is 23.2 Å². The molecule has 31 heavy (non-hydrogen) atoms. The first-order valence-electron chi connectivity index (χ1n) is 9.34. The molecule has 0 aliphatic carbocycles. The summed E-state index contributed by atoms with van der Waals surface area (Å²) < 4.78 is 52.4. The zero-order valence-electron chi connectivity index (χ0n) is 17.2. The van der Waals surface area contributed by atoms with Crippen LogP contribution in [0.1, 0.15) is 53.7 Å². The first kappa shape index (κ1) is 24.6. The van der Waals surface area contributed by atoms with E-state index in [1.54, 1.807) is 13.8 Å². The highest BCUT2D eigenvalue weighted by Gasteiger charge is 2.36. The Bertz CT molecular complexity index is 936. The van der Waals surface area contributed by atoms with Gasteiger partial charge in [0.15, 0.2) is 0 Å². The van der Waals surface area contributed by atoms with Gasteiger partial charge < -0.3 is 11.1 Å². The van der Waals surface area contributed by atoms with Gasteiger partial charge in [-0.3, -0.25) is 14.8 Å². The van der Waals surface area contributed by atoms with Crippen LogP contribution in [0.15, 0.2) is 35.6 Å². The zero-order valence-corrected chi connectivity index (χ0v) is 18.0. The van der Waals surface area contributed by atoms with Crippen molar-refractivity contribution < 1.29 is 22.4 Å².